The van der Waals surface area contributed by atoms with Crippen molar-refractivity contribution < 1.29 is 22.7 Å². The number of nitrogens with one attached hydrogen (secondary N) is 3. The molecule has 1 spiro atoms. The van der Waals surface area contributed by atoms with Crippen LogP contribution in [0.3, 0.4) is 0 Å². The summed E-state index contributed by atoms with van der Waals surface area (Å²) in [5, 5.41) is 9.50. The van der Waals surface area contributed by atoms with Crippen molar-refractivity contribution in [2.24, 2.45) is 5.73 Å². The molecule has 2 aliphatic rings. The number of nitrogens with two attached hydrogens (primary N) is 1. The van der Waals surface area contributed by atoms with Gasteiger partial charge in [0.2, 0.25) is 5.91 Å². The van der Waals surface area contributed by atoms with Crippen molar-refractivity contribution in [1.82, 2.24) is 10.6 Å². The quantitative estimate of drug-likeness (QED) is 0.357. The summed E-state index contributed by atoms with van der Waals surface area (Å²) in [5.74, 6) is -0.759. The van der Waals surface area contributed by atoms with Gasteiger partial charge in [0, 0.05) is 16.7 Å². The zero-order valence-electron chi connectivity index (χ0n) is 22.3. The molecular formula is C28H38N4O5S. The summed E-state index contributed by atoms with van der Waals surface area (Å²) in [6.45, 7) is 6.30. The maximum Gasteiger partial charge on any atom is 0.240 e. The minimum atomic E-state index is -3.53. The van der Waals surface area contributed by atoms with Crippen LogP contribution in [0.5, 0.6) is 0 Å². The monoisotopic (exact) mass is 542 g/mol. The number of benzene rings is 2. The van der Waals surface area contributed by atoms with E-state index in [1.54, 1.807) is 32.9 Å². The molecule has 0 aliphatic carbocycles. The van der Waals surface area contributed by atoms with E-state index >= 15 is 0 Å². The first-order valence-electron chi connectivity index (χ1n) is 13.1. The highest BCUT2D eigenvalue weighted by Crippen LogP contribution is 2.50. The van der Waals surface area contributed by atoms with E-state index in [1.807, 2.05) is 36.4 Å². The summed E-state index contributed by atoms with van der Waals surface area (Å²) in [7, 11) is -3.53. The molecule has 38 heavy (non-hydrogen) atoms. The smallest absolute Gasteiger partial charge is 0.240 e. The van der Waals surface area contributed by atoms with Crippen LogP contribution in [0, 0.1) is 0 Å². The molecule has 9 nitrogen and oxygen atoms in total. The van der Waals surface area contributed by atoms with Gasteiger partial charge in [0.15, 0.2) is 15.6 Å². The van der Waals surface area contributed by atoms with Gasteiger partial charge in [0.05, 0.1) is 35.4 Å². The first kappa shape index (κ1) is 28.2. The van der Waals surface area contributed by atoms with E-state index in [4.69, 9.17) is 10.5 Å². The fourth-order valence-electron chi connectivity index (χ4n) is 5.38. The number of ketones is 1. The van der Waals surface area contributed by atoms with Gasteiger partial charge < -0.3 is 26.4 Å². The molecule has 2 aromatic rings. The third-order valence-corrected chi connectivity index (χ3v) is 9.27. The van der Waals surface area contributed by atoms with Gasteiger partial charge in [0.1, 0.15) is 6.04 Å². The van der Waals surface area contributed by atoms with Gasteiger partial charge in [-0.15, -0.1) is 0 Å². The van der Waals surface area contributed by atoms with E-state index in [9.17, 15) is 18.0 Å². The normalized spacial score (nSPS) is 19.4. The Morgan fingerprint density at radius 3 is 2.45 bits per heavy atom. The highest BCUT2D eigenvalue weighted by molar-refractivity contribution is 7.91. The third-order valence-electron chi connectivity index (χ3n) is 7.50. The number of rotatable bonds is 10. The predicted molar refractivity (Wildman–Crippen MR) is 147 cm³/mol. The van der Waals surface area contributed by atoms with Crippen LogP contribution in [0.4, 0.5) is 5.69 Å². The van der Waals surface area contributed by atoms with E-state index in [2.05, 4.69) is 16.0 Å². The molecule has 2 aliphatic heterocycles. The van der Waals surface area contributed by atoms with Crippen molar-refractivity contribution in [3.8, 4) is 0 Å². The lowest BCUT2D eigenvalue weighted by Crippen LogP contribution is -2.60. The summed E-state index contributed by atoms with van der Waals surface area (Å²) in [6, 6.07) is 13.0. The van der Waals surface area contributed by atoms with Crippen molar-refractivity contribution in [3.05, 3.63) is 59.7 Å². The van der Waals surface area contributed by atoms with Crippen molar-refractivity contribution in [3.63, 3.8) is 0 Å². The molecule has 4 rings (SSSR count). The van der Waals surface area contributed by atoms with Crippen molar-refractivity contribution in [2.45, 2.75) is 68.2 Å². The Hall–Kier alpha value is -2.79. The lowest BCUT2D eigenvalue weighted by atomic mass is 9.68. The SMILES string of the molecule is CCS(=O)(=O)c1cccc2c1C1(CCNCC1)[C@H](C(=O)C(COCc1ccccc1)NC(=O)C(C)(C)N)N2. The topological polar surface area (TPSA) is 140 Å². The second-order valence-electron chi connectivity index (χ2n) is 10.7. The summed E-state index contributed by atoms with van der Waals surface area (Å²) >= 11 is 0. The molecular weight excluding hydrogens is 504 g/mol. The van der Waals surface area contributed by atoms with E-state index in [0.29, 0.717) is 37.2 Å². The van der Waals surface area contributed by atoms with Gasteiger partial charge in [-0.25, -0.2) is 8.42 Å². The van der Waals surface area contributed by atoms with Crippen LogP contribution >= 0.6 is 0 Å². The minimum absolute atomic E-state index is 0.0337. The van der Waals surface area contributed by atoms with Crippen LogP contribution in [0.1, 0.15) is 44.7 Å². The first-order valence-corrected chi connectivity index (χ1v) is 14.7. The third kappa shape index (κ3) is 5.63. The Bertz CT molecular complexity index is 1270. The lowest BCUT2D eigenvalue weighted by Gasteiger charge is -2.40. The Balaban J connectivity index is 1.69. The molecule has 0 bridgehead atoms. The van der Waals surface area contributed by atoms with Gasteiger partial charge in [-0.05, 0) is 57.5 Å². The molecule has 2 atom stereocenters. The summed E-state index contributed by atoms with van der Waals surface area (Å²) < 4.78 is 32.1. The molecule has 2 heterocycles. The number of sulfone groups is 1. The van der Waals surface area contributed by atoms with Crippen LogP contribution in [-0.4, -0.2) is 63.2 Å². The Morgan fingerprint density at radius 1 is 1.13 bits per heavy atom. The van der Waals surface area contributed by atoms with Gasteiger partial charge in [0.25, 0.3) is 0 Å². The number of carbonyl (C=O) groups is 2. The molecule has 0 radical (unpaired) electrons. The number of ether oxygens (including phenoxy) is 1. The first-order chi connectivity index (χ1) is 18.0. The Labute approximate surface area is 224 Å². The van der Waals surface area contributed by atoms with Crippen LogP contribution in [0.2, 0.25) is 0 Å². The van der Waals surface area contributed by atoms with Crippen LogP contribution in [0.25, 0.3) is 0 Å². The van der Waals surface area contributed by atoms with Gasteiger partial charge in [-0.2, -0.15) is 0 Å². The molecule has 5 N–H and O–H groups in total. The zero-order valence-corrected chi connectivity index (χ0v) is 23.1. The van der Waals surface area contributed by atoms with E-state index < -0.39 is 38.8 Å². The van der Waals surface area contributed by atoms with Gasteiger partial charge >= 0.3 is 0 Å². The van der Waals surface area contributed by atoms with Crippen LogP contribution < -0.4 is 21.7 Å². The number of anilines is 1. The average Bonchev–Trinajstić information content (AvgIpc) is 3.21. The van der Waals surface area contributed by atoms with E-state index in [1.165, 1.54) is 0 Å². The van der Waals surface area contributed by atoms with Gasteiger partial charge in [-0.1, -0.05) is 43.3 Å². The highest BCUT2D eigenvalue weighted by Gasteiger charge is 2.54. The molecule has 1 saturated heterocycles. The summed E-state index contributed by atoms with van der Waals surface area (Å²) in [6.07, 6.45) is 1.15. The summed E-state index contributed by atoms with van der Waals surface area (Å²) in [4.78, 5) is 27.4. The fourth-order valence-corrected chi connectivity index (χ4v) is 6.60. The van der Waals surface area contributed by atoms with Gasteiger partial charge in [-0.3, -0.25) is 9.59 Å². The Kier molecular flexibility index (Phi) is 8.27. The van der Waals surface area contributed by atoms with Crippen LogP contribution in [0.15, 0.2) is 53.4 Å². The molecule has 1 fully saturated rings. The second-order valence-corrected chi connectivity index (χ2v) is 13.0. The Morgan fingerprint density at radius 2 is 1.82 bits per heavy atom. The number of piperidine rings is 1. The molecule has 1 amide bonds. The maximum atomic E-state index is 14.3. The molecule has 0 aromatic heterocycles. The number of Topliss-reactive ketones (excluding diaryl/α,β-unsaturated/α-hetero) is 1. The molecule has 206 valence electrons. The number of carbonyl (C=O) groups excluding carboxylic acids is 2. The van der Waals surface area contributed by atoms with Crippen molar-refractivity contribution in [1.29, 1.82) is 0 Å². The van der Waals surface area contributed by atoms with Crippen molar-refractivity contribution >= 4 is 27.2 Å². The summed E-state index contributed by atoms with van der Waals surface area (Å²) in [5.41, 5.74) is 6.37. The number of amides is 1. The number of hydrogen-bond donors (Lipinski definition) is 4. The standard InChI is InChI=1S/C28H38N4O5S/c1-4-38(35,36)22-12-8-11-20-23(22)28(13-15-30-16-14-28)25(31-20)24(33)21(32-26(34)27(2,3)29)18-37-17-19-9-6-5-7-10-19/h5-12,21,25,30-31H,4,13-18,29H2,1-3H3,(H,32,34)/t21?,25-/m0/s1. The van der Waals surface area contributed by atoms with Crippen LogP contribution in [-0.2, 0) is 36.2 Å². The highest BCUT2D eigenvalue weighted by atomic mass is 32.2. The molecule has 10 heteroatoms. The minimum Gasteiger partial charge on any atom is -0.374 e. The molecule has 2 aromatic carbocycles. The zero-order chi connectivity index (χ0) is 27.6. The molecule has 0 saturated carbocycles. The largest absolute Gasteiger partial charge is 0.374 e. The van der Waals surface area contributed by atoms with E-state index in [0.717, 1.165) is 5.56 Å². The maximum absolute atomic E-state index is 14.3. The van der Waals surface area contributed by atoms with E-state index in [-0.39, 0.29) is 29.6 Å². The lowest BCUT2D eigenvalue weighted by molar-refractivity contribution is -0.133. The average molecular weight is 543 g/mol. The predicted octanol–water partition coefficient (Wildman–Crippen LogP) is 1.90. The molecule has 1 unspecified atom stereocenters. The fraction of sp³-hybridized carbons (Fsp3) is 0.500. The second kappa shape index (κ2) is 11.1. The number of fused-ring (bicyclic) bond motifs is 2. The number of hydrogen-bond acceptors (Lipinski definition) is 8. The van der Waals surface area contributed by atoms with Crippen molar-refractivity contribution in [2.75, 3.05) is 30.8 Å².